The van der Waals surface area contributed by atoms with E-state index in [0.717, 1.165) is 0 Å². The number of aliphatic hydroxyl groups is 5. The fourth-order valence-corrected chi connectivity index (χ4v) is 4.15. The minimum Gasteiger partial charge on any atom is -0.392 e. The minimum absolute atomic E-state index is 0.158. The van der Waals surface area contributed by atoms with Crippen LogP contribution in [0.3, 0.4) is 0 Å². The first-order valence-electron chi connectivity index (χ1n) is 9.22. The van der Waals surface area contributed by atoms with Gasteiger partial charge < -0.3 is 25.5 Å². The highest BCUT2D eigenvalue weighted by atomic mass is 16.3. The Balaban J connectivity index is 2.50. The van der Waals surface area contributed by atoms with Crippen molar-refractivity contribution in [2.24, 2.45) is 23.2 Å². The third kappa shape index (κ3) is 3.86. The quantitative estimate of drug-likeness (QED) is 0.423. The summed E-state index contributed by atoms with van der Waals surface area (Å²) in [5.41, 5.74) is -1.43. The SMILES string of the molecule is C/C1=C\[C@H]2[C@@H](O)[C@@H](C)C[C@]2(O)[C@@H](O)[C@@H](C)/C=C/C(C)(C)[C@H](O)C[C@H]1O. The summed E-state index contributed by atoms with van der Waals surface area (Å²) in [5, 5.41) is 53.6. The van der Waals surface area contributed by atoms with Crippen molar-refractivity contribution in [3.63, 3.8) is 0 Å². The largest absolute Gasteiger partial charge is 0.392 e. The topological polar surface area (TPSA) is 101 Å². The maximum atomic E-state index is 11.2. The Kier molecular flexibility index (Phi) is 5.87. The molecule has 2 aliphatic rings. The van der Waals surface area contributed by atoms with E-state index in [9.17, 15) is 25.5 Å². The fourth-order valence-electron chi connectivity index (χ4n) is 4.15. The Morgan fingerprint density at radius 1 is 1.08 bits per heavy atom. The first-order valence-corrected chi connectivity index (χ1v) is 9.22. The van der Waals surface area contributed by atoms with E-state index in [1.54, 1.807) is 13.0 Å². The highest BCUT2D eigenvalue weighted by Crippen LogP contribution is 2.45. The molecule has 5 N–H and O–H groups in total. The summed E-state index contributed by atoms with van der Waals surface area (Å²) in [6, 6.07) is 0. The Morgan fingerprint density at radius 3 is 2.28 bits per heavy atom. The van der Waals surface area contributed by atoms with Gasteiger partial charge in [-0.25, -0.2) is 0 Å². The third-order valence-corrected chi connectivity index (χ3v) is 6.29. The van der Waals surface area contributed by atoms with Crippen molar-refractivity contribution in [3.8, 4) is 0 Å². The molecule has 2 aliphatic carbocycles. The number of aliphatic hydroxyl groups excluding tert-OH is 4. The lowest BCUT2D eigenvalue weighted by Gasteiger charge is -2.38. The number of hydrogen-bond acceptors (Lipinski definition) is 5. The van der Waals surface area contributed by atoms with Crippen molar-refractivity contribution in [1.29, 1.82) is 0 Å². The minimum atomic E-state index is -1.45. The van der Waals surface area contributed by atoms with Gasteiger partial charge >= 0.3 is 0 Å². The van der Waals surface area contributed by atoms with Gasteiger partial charge in [-0.2, -0.15) is 0 Å². The molecule has 0 bridgehead atoms. The molecule has 0 heterocycles. The second-order valence-electron chi connectivity index (χ2n) is 8.85. The molecule has 1 fully saturated rings. The number of rotatable bonds is 0. The van der Waals surface area contributed by atoms with E-state index in [1.807, 2.05) is 39.8 Å². The average Bonchev–Trinajstić information content (AvgIpc) is 2.75. The molecule has 0 aromatic carbocycles. The van der Waals surface area contributed by atoms with Crippen LogP contribution < -0.4 is 0 Å². The predicted octanol–water partition coefficient (Wildman–Crippen LogP) is 1.39. The normalized spacial score (nSPS) is 51.6. The fraction of sp³-hybridized carbons (Fsp3) is 0.800. The van der Waals surface area contributed by atoms with Crippen LogP contribution in [0.5, 0.6) is 0 Å². The maximum absolute atomic E-state index is 11.2. The summed E-state index contributed by atoms with van der Waals surface area (Å²) in [4.78, 5) is 0. The zero-order chi connectivity index (χ0) is 19.2. The standard InChI is InChI=1S/C20H34O5/c1-11-6-7-19(4,5)16(22)9-15(21)12(2)8-14-17(23)13(3)10-20(14,25)18(11)24/h6-8,11,13-18,21-25H,9-10H2,1-5H3/b7-6+,12-8+/t11-,13-,14-,15+,16+,17-,18-,20+/m0/s1. The van der Waals surface area contributed by atoms with Gasteiger partial charge in [-0.15, -0.1) is 0 Å². The summed E-state index contributed by atoms with van der Waals surface area (Å²) < 4.78 is 0. The van der Waals surface area contributed by atoms with Crippen molar-refractivity contribution in [1.82, 2.24) is 0 Å². The molecule has 0 amide bonds. The number of hydrogen-bond donors (Lipinski definition) is 5. The van der Waals surface area contributed by atoms with Crippen LogP contribution in [0.15, 0.2) is 23.8 Å². The first kappa shape index (κ1) is 20.6. The molecule has 2 rings (SSSR count). The van der Waals surface area contributed by atoms with E-state index < -0.39 is 41.3 Å². The monoisotopic (exact) mass is 354 g/mol. The molecule has 0 radical (unpaired) electrons. The number of fused-ring (bicyclic) bond motifs is 1. The van der Waals surface area contributed by atoms with Crippen LogP contribution in [0.4, 0.5) is 0 Å². The highest BCUT2D eigenvalue weighted by Gasteiger charge is 2.54. The van der Waals surface area contributed by atoms with E-state index in [-0.39, 0.29) is 18.3 Å². The van der Waals surface area contributed by atoms with Gasteiger partial charge in [0.05, 0.1) is 24.4 Å². The van der Waals surface area contributed by atoms with Crippen molar-refractivity contribution in [3.05, 3.63) is 23.8 Å². The lowest BCUT2D eigenvalue weighted by molar-refractivity contribution is -0.113. The molecule has 1 saturated carbocycles. The highest BCUT2D eigenvalue weighted by molar-refractivity contribution is 5.20. The molecule has 25 heavy (non-hydrogen) atoms. The van der Waals surface area contributed by atoms with Crippen LogP contribution in [0.2, 0.25) is 0 Å². The summed E-state index contributed by atoms with van der Waals surface area (Å²) in [5.74, 6) is -1.16. The average molecular weight is 354 g/mol. The van der Waals surface area contributed by atoms with Crippen LogP contribution in [-0.2, 0) is 0 Å². The van der Waals surface area contributed by atoms with Crippen LogP contribution >= 0.6 is 0 Å². The molecule has 0 aliphatic heterocycles. The van der Waals surface area contributed by atoms with Crippen LogP contribution in [0, 0.1) is 23.2 Å². The Morgan fingerprint density at radius 2 is 1.68 bits per heavy atom. The van der Waals surface area contributed by atoms with Crippen LogP contribution in [-0.4, -0.2) is 55.5 Å². The lowest BCUT2D eigenvalue weighted by atomic mass is 9.75. The van der Waals surface area contributed by atoms with Crippen LogP contribution in [0.1, 0.15) is 47.5 Å². The summed E-state index contributed by atoms with van der Waals surface area (Å²) in [6.45, 7) is 9.17. The molecule has 0 saturated heterocycles. The molecule has 5 heteroatoms. The van der Waals surface area contributed by atoms with E-state index in [2.05, 4.69) is 0 Å². The Bertz CT molecular complexity index is 540. The van der Waals surface area contributed by atoms with E-state index in [4.69, 9.17) is 0 Å². The molecular formula is C20H34O5. The second-order valence-corrected chi connectivity index (χ2v) is 8.85. The zero-order valence-electron chi connectivity index (χ0n) is 15.9. The maximum Gasteiger partial charge on any atom is 0.100 e. The van der Waals surface area contributed by atoms with Gasteiger partial charge in [0, 0.05) is 23.7 Å². The molecule has 0 unspecified atom stereocenters. The van der Waals surface area contributed by atoms with Gasteiger partial charge in [0.15, 0.2) is 0 Å². The molecular weight excluding hydrogens is 320 g/mol. The molecule has 0 aromatic rings. The second kappa shape index (κ2) is 7.12. The van der Waals surface area contributed by atoms with Crippen molar-refractivity contribution in [2.45, 2.75) is 77.5 Å². The summed E-state index contributed by atoms with van der Waals surface area (Å²) >= 11 is 0. The van der Waals surface area contributed by atoms with Gasteiger partial charge in [-0.3, -0.25) is 0 Å². The smallest absolute Gasteiger partial charge is 0.100 e. The molecule has 8 atom stereocenters. The van der Waals surface area contributed by atoms with E-state index in [1.165, 1.54) is 0 Å². The zero-order valence-corrected chi connectivity index (χ0v) is 15.9. The Hall–Kier alpha value is -0.720. The molecule has 5 nitrogen and oxygen atoms in total. The van der Waals surface area contributed by atoms with Gasteiger partial charge in [-0.1, -0.05) is 45.9 Å². The van der Waals surface area contributed by atoms with Crippen molar-refractivity contribution < 1.29 is 25.5 Å². The van der Waals surface area contributed by atoms with Gasteiger partial charge in [0.2, 0.25) is 0 Å². The molecule has 144 valence electrons. The summed E-state index contributed by atoms with van der Waals surface area (Å²) in [7, 11) is 0. The van der Waals surface area contributed by atoms with Gasteiger partial charge in [0.25, 0.3) is 0 Å². The van der Waals surface area contributed by atoms with Gasteiger partial charge in [-0.05, 0) is 24.8 Å². The van der Waals surface area contributed by atoms with Crippen molar-refractivity contribution in [2.75, 3.05) is 0 Å². The van der Waals surface area contributed by atoms with Crippen LogP contribution in [0.25, 0.3) is 0 Å². The van der Waals surface area contributed by atoms with E-state index in [0.29, 0.717) is 12.0 Å². The molecule has 0 aromatic heterocycles. The van der Waals surface area contributed by atoms with E-state index >= 15 is 0 Å². The van der Waals surface area contributed by atoms with Gasteiger partial charge in [0.1, 0.15) is 5.60 Å². The summed E-state index contributed by atoms with van der Waals surface area (Å²) in [6.07, 6.45) is 2.33. The molecule has 0 spiro atoms. The van der Waals surface area contributed by atoms with Crippen molar-refractivity contribution >= 4 is 0 Å². The third-order valence-electron chi connectivity index (χ3n) is 6.29. The first-order chi connectivity index (χ1) is 11.4. The lowest BCUT2D eigenvalue weighted by Crippen LogP contribution is -2.50. The Labute approximate surface area is 150 Å². The predicted molar refractivity (Wildman–Crippen MR) is 96.7 cm³/mol.